The molecule has 0 saturated heterocycles. The molecule has 2 bridgehead atoms. The van der Waals surface area contributed by atoms with Gasteiger partial charge in [0.05, 0.1) is 0 Å². The minimum atomic E-state index is -0.0808. The summed E-state index contributed by atoms with van der Waals surface area (Å²) in [5.41, 5.74) is 8.99. The highest BCUT2D eigenvalue weighted by Crippen LogP contribution is 2.56. The summed E-state index contributed by atoms with van der Waals surface area (Å²) in [5, 5.41) is 0. The number of carbonyl (C=O) groups is 1. The normalized spacial score (nSPS) is 36.3. The molecule has 0 heterocycles. The molecule has 3 unspecified atom stereocenters. The molecule has 3 aliphatic carbocycles. The zero-order chi connectivity index (χ0) is 12.3. The second-order valence-corrected chi connectivity index (χ2v) is 6.15. The van der Waals surface area contributed by atoms with Crippen LogP contribution in [0.2, 0.25) is 0 Å². The van der Waals surface area contributed by atoms with Crippen molar-refractivity contribution in [1.29, 1.82) is 0 Å². The van der Waals surface area contributed by atoms with E-state index in [1.807, 2.05) is 12.1 Å². The summed E-state index contributed by atoms with van der Waals surface area (Å²) < 4.78 is 0. The Morgan fingerprint density at radius 3 is 2.83 bits per heavy atom. The molecule has 18 heavy (non-hydrogen) atoms. The topological polar surface area (TPSA) is 43.1 Å². The quantitative estimate of drug-likeness (QED) is 0.558. The SMILES string of the molecule is Nc1ccc2c(c1)CC(=O)C1(C2)CC2C=CC1C2. The lowest BCUT2D eigenvalue weighted by atomic mass is 9.63. The van der Waals surface area contributed by atoms with Crippen LogP contribution in [0.5, 0.6) is 0 Å². The molecule has 0 amide bonds. The zero-order valence-corrected chi connectivity index (χ0v) is 10.4. The molecule has 92 valence electrons. The zero-order valence-electron chi connectivity index (χ0n) is 10.4. The van der Waals surface area contributed by atoms with Gasteiger partial charge in [0.2, 0.25) is 0 Å². The van der Waals surface area contributed by atoms with Crippen molar-refractivity contribution >= 4 is 11.5 Å². The smallest absolute Gasteiger partial charge is 0.144 e. The molecule has 1 fully saturated rings. The summed E-state index contributed by atoms with van der Waals surface area (Å²) in [6.45, 7) is 0. The van der Waals surface area contributed by atoms with Crippen LogP contribution in [-0.2, 0) is 17.6 Å². The van der Waals surface area contributed by atoms with Crippen molar-refractivity contribution in [3.8, 4) is 0 Å². The van der Waals surface area contributed by atoms with E-state index in [1.165, 1.54) is 12.0 Å². The van der Waals surface area contributed by atoms with Crippen LogP contribution in [0.25, 0.3) is 0 Å². The number of ketones is 1. The van der Waals surface area contributed by atoms with Gasteiger partial charge in [-0.2, -0.15) is 0 Å². The van der Waals surface area contributed by atoms with Crippen molar-refractivity contribution in [3.63, 3.8) is 0 Å². The predicted molar refractivity (Wildman–Crippen MR) is 71.1 cm³/mol. The molecule has 0 radical (unpaired) electrons. The van der Waals surface area contributed by atoms with Crippen molar-refractivity contribution in [2.24, 2.45) is 17.3 Å². The second-order valence-electron chi connectivity index (χ2n) is 6.15. The molecule has 1 aromatic carbocycles. The number of hydrogen-bond acceptors (Lipinski definition) is 2. The minimum Gasteiger partial charge on any atom is -0.399 e. The maximum atomic E-state index is 12.6. The Morgan fingerprint density at radius 2 is 2.11 bits per heavy atom. The average molecular weight is 239 g/mol. The summed E-state index contributed by atoms with van der Waals surface area (Å²) in [6, 6.07) is 6.06. The van der Waals surface area contributed by atoms with E-state index in [-0.39, 0.29) is 5.41 Å². The van der Waals surface area contributed by atoms with Gasteiger partial charge in [-0.25, -0.2) is 0 Å². The summed E-state index contributed by atoms with van der Waals surface area (Å²) in [4.78, 5) is 12.6. The lowest BCUT2D eigenvalue weighted by Crippen LogP contribution is -2.41. The first-order chi connectivity index (χ1) is 8.67. The van der Waals surface area contributed by atoms with Gasteiger partial charge in [-0.1, -0.05) is 18.2 Å². The number of fused-ring (bicyclic) bond motifs is 4. The highest BCUT2D eigenvalue weighted by molar-refractivity contribution is 5.90. The first-order valence-electron chi connectivity index (χ1n) is 6.76. The molecule has 1 saturated carbocycles. The Hall–Kier alpha value is -1.57. The Balaban J connectivity index is 1.79. The van der Waals surface area contributed by atoms with E-state index in [9.17, 15) is 4.79 Å². The van der Waals surface area contributed by atoms with E-state index in [4.69, 9.17) is 5.73 Å². The maximum Gasteiger partial charge on any atom is 0.144 e. The van der Waals surface area contributed by atoms with Crippen molar-refractivity contribution in [2.75, 3.05) is 5.73 Å². The van der Waals surface area contributed by atoms with Gasteiger partial charge in [0.25, 0.3) is 0 Å². The van der Waals surface area contributed by atoms with Gasteiger partial charge in [0, 0.05) is 17.5 Å². The van der Waals surface area contributed by atoms with Gasteiger partial charge >= 0.3 is 0 Å². The van der Waals surface area contributed by atoms with Gasteiger partial charge in [-0.15, -0.1) is 0 Å². The number of nitrogen functional groups attached to an aromatic ring is 1. The summed E-state index contributed by atoms with van der Waals surface area (Å²) >= 11 is 0. The predicted octanol–water partition coefficient (Wildman–Crippen LogP) is 2.52. The largest absolute Gasteiger partial charge is 0.399 e. The standard InChI is InChI=1S/C16H17NO/c17-14-4-2-11-9-16(15(18)7-12(11)6-14)8-10-1-3-13(16)5-10/h1-4,6,10,13H,5,7-9,17H2. The Kier molecular flexibility index (Phi) is 1.87. The van der Waals surface area contributed by atoms with Crippen LogP contribution < -0.4 is 5.73 Å². The summed E-state index contributed by atoms with van der Waals surface area (Å²) in [6.07, 6.45) is 8.35. The number of nitrogens with two attached hydrogens (primary N) is 1. The van der Waals surface area contributed by atoms with Crippen molar-refractivity contribution in [3.05, 3.63) is 41.5 Å². The Morgan fingerprint density at radius 1 is 1.22 bits per heavy atom. The fourth-order valence-electron chi connectivity index (χ4n) is 4.25. The van der Waals surface area contributed by atoms with Gasteiger partial charge in [-0.05, 0) is 54.4 Å². The third-order valence-corrected chi connectivity index (χ3v) is 5.15. The third-order valence-electron chi connectivity index (χ3n) is 5.15. The van der Waals surface area contributed by atoms with Gasteiger partial charge in [0.1, 0.15) is 5.78 Å². The van der Waals surface area contributed by atoms with Crippen LogP contribution in [0, 0.1) is 17.3 Å². The van der Waals surface area contributed by atoms with Gasteiger partial charge < -0.3 is 5.73 Å². The number of Topliss-reactive ketones (excluding diaryl/α,β-unsaturated/α-hetero) is 1. The highest BCUT2D eigenvalue weighted by atomic mass is 16.1. The maximum absolute atomic E-state index is 12.6. The van der Waals surface area contributed by atoms with Crippen LogP contribution in [0.3, 0.4) is 0 Å². The number of hydrogen-bond donors (Lipinski definition) is 1. The highest BCUT2D eigenvalue weighted by Gasteiger charge is 2.54. The van der Waals surface area contributed by atoms with E-state index in [1.54, 1.807) is 0 Å². The fraction of sp³-hybridized carbons (Fsp3) is 0.438. The van der Waals surface area contributed by atoms with Crippen LogP contribution in [0.4, 0.5) is 5.69 Å². The van der Waals surface area contributed by atoms with E-state index < -0.39 is 0 Å². The van der Waals surface area contributed by atoms with Crippen LogP contribution >= 0.6 is 0 Å². The fourth-order valence-corrected chi connectivity index (χ4v) is 4.25. The molecule has 2 heteroatoms. The van der Waals surface area contributed by atoms with Crippen LogP contribution in [0.1, 0.15) is 24.0 Å². The van der Waals surface area contributed by atoms with E-state index >= 15 is 0 Å². The molecule has 0 aliphatic heterocycles. The molecule has 3 atom stereocenters. The van der Waals surface area contributed by atoms with E-state index in [2.05, 4.69) is 18.2 Å². The lowest BCUT2D eigenvalue weighted by Gasteiger charge is -2.38. The molecule has 1 aromatic rings. The molecule has 1 spiro atoms. The van der Waals surface area contributed by atoms with Crippen molar-refractivity contribution in [1.82, 2.24) is 0 Å². The number of rotatable bonds is 0. The van der Waals surface area contributed by atoms with Crippen LogP contribution in [-0.4, -0.2) is 5.78 Å². The minimum absolute atomic E-state index is 0.0808. The molecule has 2 nitrogen and oxygen atoms in total. The molecule has 3 aliphatic rings. The molecule has 2 N–H and O–H groups in total. The number of allylic oxidation sites excluding steroid dienone is 2. The first kappa shape index (κ1) is 10.4. The van der Waals surface area contributed by atoms with E-state index in [0.717, 1.165) is 24.1 Å². The molecule has 0 aromatic heterocycles. The van der Waals surface area contributed by atoms with Gasteiger partial charge in [-0.3, -0.25) is 4.79 Å². The Labute approximate surface area is 107 Å². The van der Waals surface area contributed by atoms with E-state index in [0.29, 0.717) is 24.0 Å². The Bertz CT molecular complexity index is 574. The first-order valence-corrected chi connectivity index (χ1v) is 6.76. The van der Waals surface area contributed by atoms with Gasteiger partial charge in [0.15, 0.2) is 0 Å². The molecular formula is C16H17NO. The summed E-state index contributed by atoms with van der Waals surface area (Å²) in [5.74, 6) is 1.58. The van der Waals surface area contributed by atoms with Crippen molar-refractivity contribution in [2.45, 2.75) is 25.7 Å². The number of benzene rings is 1. The lowest BCUT2D eigenvalue weighted by molar-refractivity contribution is -0.130. The van der Waals surface area contributed by atoms with Crippen molar-refractivity contribution < 1.29 is 4.79 Å². The molecular weight excluding hydrogens is 222 g/mol. The number of carbonyl (C=O) groups excluding carboxylic acids is 1. The van der Waals surface area contributed by atoms with Crippen LogP contribution in [0.15, 0.2) is 30.4 Å². The monoisotopic (exact) mass is 239 g/mol. The third kappa shape index (κ3) is 1.21. The number of anilines is 1. The second kappa shape index (κ2) is 3.25. The average Bonchev–Trinajstić information content (AvgIpc) is 2.92. The molecule has 4 rings (SSSR count). The summed E-state index contributed by atoms with van der Waals surface area (Å²) in [7, 11) is 0.